The second-order valence-corrected chi connectivity index (χ2v) is 8.39. The summed E-state index contributed by atoms with van der Waals surface area (Å²) in [7, 11) is 0. The highest BCUT2D eigenvalue weighted by Crippen LogP contribution is 2.24. The lowest BCUT2D eigenvalue weighted by atomic mass is 9.97. The van der Waals surface area contributed by atoms with Gasteiger partial charge in [0.15, 0.2) is 0 Å². The molecule has 0 saturated carbocycles. The molecule has 3 aromatic rings. The molecule has 35 heavy (non-hydrogen) atoms. The summed E-state index contributed by atoms with van der Waals surface area (Å²) in [6.45, 7) is 8.30. The number of aromatic nitrogens is 2. The Hall–Kier alpha value is -4.24. The van der Waals surface area contributed by atoms with Gasteiger partial charge in [0.1, 0.15) is 5.82 Å². The van der Waals surface area contributed by atoms with E-state index in [1.807, 2.05) is 55.5 Å². The molecule has 0 unspecified atom stereocenters. The quantitative estimate of drug-likeness (QED) is 0.422. The number of aliphatic imine (C=N–C) groups is 1. The third-order valence-electron chi connectivity index (χ3n) is 5.79. The van der Waals surface area contributed by atoms with Gasteiger partial charge in [0, 0.05) is 30.6 Å². The van der Waals surface area contributed by atoms with E-state index < -0.39 is 0 Å². The Kier molecular flexibility index (Phi) is 8.91. The van der Waals surface area contributed by atoms with Gasteiger partial charge in [-0.25, -0.2) is 4.98 Å². The summed E-state index contributed by atoms with van der Waals surface area (Å²) in [5, 5.41) is 9.42. The molecule has 3 rings (SSSR count). The van der Waals surface area contributed by atoms with Gasteiger partial charge in [-0.1, -0.05) is 62.4 Å². The standard InChI is InChI=1S/C29H31N5O/c1-4-5-10-28-27(29(35)34(22(3)33-28)20-21(2)19-32-16-15-30)17-23-11-13-24(14-12-23)26-9-7-6-8-25(26)18-31/h6-9,11-16,19H,2,4-5,10,17,20,30H2,1,3H3/b16-15-,32-19?. The normalized spacial score (nSPS) is 11.2. The predicted octanol–water partition coefficient (Wildman–Crippen LogP) is 5.08. The van der Waals surface area contributed by atoms with Crippen LogP contribution in [0.5, 0.6) is 0 Å². The first kappa shape index (κ1) is 25.4. The summed E-state index contributed by atoms with van der Waals surface area (Å²) in [5.41, 5.74) is 11.0. The number of aryl methyl sites for hydroxylation is 2. The van der Waals surface area contributed by atoms with E-state index in [2.05, 4.69) is 24.6 Å². The van der Waals surface area contributed by atoms with Crippen molar-refractivity contribution >= 4 is 6.21 Å². The number of allylic oxidation sites excluding steroid dienone is 1. The SMILES string of the molecule is C=C(C=N/C=C\N)Cn1c(C)nc(CCCC)c(Cc2ccc(-c3ccccc3C#N)cc2)c1=O. The Morgan fingerprint density at radius 1 is 1.23 bits per heavy atom. The van der Waals surface area contributed by atoms with Crippen LogP contribution in [0.15, 0.2) is 82.9 Å². The average molecular weight is 466 g/mol. The topological polar surface area (TPSA) is 97.1 Å². The Morgan fingerprint density at radius 3 is 2.66 bits per heavy atom. The molecular formula is C29H31N5O. The maximum atomic E-state index is 13.6. The van der Waals surface area contributed by atoms with Crippen molar-refractivity contribution in [1.29, 1.82) is 5.26 Å². The molecule has 6 heteroatoms. The lowest BCUT2D eigenvalue weighted by molar-refractivity contribution is 0.666. The third-order valence-corrected chi connectivity index (χ3v) is 5.79. The minimum Gasteiger partial charge on any atom is -0.403 e. The molecule has 0 radical (unpaired) electrons. The van der Waals surface area contributed by atoms with Crippen molar-refractivity contribution in [2.24, 2.45) is 10.7 Å². The zero-order valence-corrected chi connectivity index (χ0v) is 20.4. The third kappa shape index (κ3) is 6.42. The molecule has 2 aromatic carbocycles. The van der Waals surface area contributed by atoms with Gasteiger partial charge in [-0.15, -0.1) is 0 Å². The van der Waals surface area contributed by atoms with Crippen molar-refractivity contribution in [3.63, 3.8) is 0 Å². The molecule has 6 nitrogen and oxygen atoms in total. The van der Waals surface area contributed by atoms with Gasteiger partial charge in [0.25, 0.3) is 5.56 Å². The van der Waals surface area contributed by atoms with E-state index in [1.54, 1.807) is 10.8 Å². The summed E-state index contributed by atoms with van der Waals surface area (Å²) in [6, 6.07) is 17.8. The van der Waals surface area contributed by atoms with E-state index in [0.717, 1.165) is 41.6 Å². The van der Waals surface area contributed by atoms with Crippen molar-refractivity contribution in [3.05, 3.63) is 112 Å². The smallest absolute Gasteiger partial charge is 0.257 e. The van der Waals surface area contributed by atoms with Crippen molar-refractivity contribution in [2.45, 2.75) is 46.1 Å². The number of benzene rings is 2. The van der Waals surface area contributed by atoms with Crippen LogP contribution in [0.3, 0.4) is 0 Å². The highest BCUT2D eigenvalue weighted by Gasteiger charge is 2.16. The van der Waals surface area contributed by atoms with Gasteiger partial charge >= 0.3 is 0 Å². The first-order valence-corrected chi connectivity index (χ1v) is 11.7. The van der Waals surface area contributed by atoms with Crippen LogP contribution in [-0.4, -0.2) is 15.8 Å². The number of nitriles is 1. The fourth-order valence-electron chi connectivity index (χ4n) is 3.95. The van der Waals surface area contributed by atoms with Crippen molar-refractivity contribution in [3.8, 4) is 17.2 Å². The van der Waals surface area contributed by atoms with Gasteiger partial charge in [0.2, 0.25) is 0 Å². The summed E-state index contributed by atoms with van der Waals surface area (Å²) >= 11 is 0. The predicted molar refractivity (Wildman–Crippen MR) is 142 cm³/mol. The number of nitrogens with two attached hydrogens (primary N) is 1. The fourth-order valence-corrected chi connectivity index (χ4v) is 3.95. The van der Waals surface area contributed by atoms with Gasteiger partial charge in [-0.3, -0.25) is 14.4 Å². The average Bonchev–Trinajstić information content (AvgIpc) is 2.87. The Morgan fingerprint density at radius 2 is 1.97 bits per heavy atom. The van der Waals surface area contributed by atoms with Crippen molar-refractivity contribution in [1.82, 2.24) is 9.55 Å². The van der Waals surface area contributed by atoms with E-state index in [9.17, 15) is 10.1 Å². The van der Waals surface area contributed by atoms with Gasteiger partial charge in [-0.05, 0) is 48.1 Å². The number of unbranched alkanes of at least 4 members (excludes halogenated alkanes) is 1. The lowest BCUT2D eigenvalue weighted by Gasteiger charge is -2.16. The highest BCUT2D eigenvalue weighted by molar-refractivity contribution is 5.77. The molecule has 1 aromatic heterocycles. The van der Waals surface area contributed by atoms with Crippen LogP contribution in [0.25, 0.3) is 11.1 Å². The first-order valence-electron chi connectivity index (χ1n) is 11.7. The number of hydrogen-bond acceptors (Lipinski definition) is 5. The zero-order valence-electron chi connectivity index (χ0n) is 20.4. The summed E-state index contributed by atoms with van der Waals surface area (Å²) in [6.07, 6.45) is 7.65. The van der Waals surface area contributed by atoms with E-state index in [0.29, 0.717) is 35.5 Å². The van der Waals surface area contributed by atoms with Gasteiger partial charge < -0.3 is 5.73 Å². The number of rotatable bonds is 10. The largest absolute Gasteiger partial charge is 0.403 e. The zero-order chi connectivity index (χ0) is 25.2. The summed E-state index contributed by atoms with van der Waals surface area (Å²) in [4.78, 5) is 22.4. The molecule has 2 N–H and O–H groups in total. The summed E-state index contributed by atoms with van der Waals surface area (Å²) in [5.74, 6) is 0.664. The monoisotopic (exact) mass is 465 g/mol. The van der Waals surface area contributed by atoms with Crippen LogP contribution in [0.1, 0.15) is 48.0 Å². The molecule has 0 aliphatic rings. The molecule has 0 aliphatic heterocycles. The highest BCUT2D eigenvalue weighted by atomic mass is 16.1. The Bertz CT molecular complexity index is 1340. The van der Waals surface area contributed by atoms with Crippen LogP contribution < -0.4 is 11.3 Å². The molecule has 0 spiro atoms. The minimum absolute atomic E-state index is 0.0496. The molecule has 178 valence electrons. The van der Waals surface area contributed by atoms with E-state index in [-0.39, 0.29) is 5.56 Å². The Balaban J connectivity index is 1.95. The number of nitrogens with zero attached hydrogens (tertiary/aromatic N) is 4. The molecular weight excluding hydrogens is 434 g/mol. The van der Waals surface area contributed by atoms with Crippen LogP contribution in [0, 0.1) is 18.3 Å². The molecule has 0 amide bonds. The van der Waals surface area contributed by atoms with E-state index in [4.69, 9.17) is 10.7 Å². The molecule has 0 fully saturated rings. The van der Waals surface area contributed by atoms with Crippen LogP contribution in [0.4, 0.5) is 0 Å². The maximum Gasteiger partial charge on any atom is 0.257 e. The maximum absolute atomic E-state index is 13.6. The molecule has 0 aliphatic carbocycles. The number of hydrogen-bond donors (Lipinski definition) is 1. The minimum atomic E-state index is -0.0496. The lowest BCUT2D eigenvalue weighted by Crippen LogP contribution is -2.30. The fraction of sp³-hybridized carbons (Fsp3) is 0.241. The van der Waals surface area contributed by atoms with Crippen molar-refractivity contribution < 1.29 is 0 Å². The van der Waals surface area contributed by atoms with Gasteiger partial charge in [-0.2, -0.15) is 5.26 Å². The molecule has 0 atom stereocenters. The van der Waals surface area contributed by atoms with Crippen LogP contribution in [0.2, 0.25) is 0 Å². The summed E-state index contributed by atoms with van der Waals surface area (Å²) < 4.78 is 1.66. The first-order chi connectivity index (χ1) is 17.0. The van der Waals surface area contributed by atoms with Crippen LogP contribution >= 0.6 is 0 Å². The van der Waals surface area contributed by atoms with E-state index >= 15 is 0 Å². The molecule has 0 bridgehead atoms. The van der Waals surface area contributed by atoms with Crippen LogP contribution in [-0.2, 0) is 19.4 Å². The molecule has 1 heterocycles. The second kappa shape index (κ2) is 12.3. The van der Waals surface area contributed by atoms with Crippen molar-refractivity contribution in [2.75, 3.05) is 0 Å². The van der Waals surface area contributed by atoms with Gasteiger partial charge in [0.05, 0.1) is 23.9 Å². The van der Waals surface area contributed by atoms with E-state index in [1.165, 1.54) is 12.4 Å². The Labute approximate surface area is 206 Å². The molecule has 0 saturated heterocycles. The second-order valence-electron chi connectivity index (χ2n) is 8.39.